The Bertz CT molecular complexity index is 643. The molecule has 0 atom stereocenters. The second-order valence-corrected chi connectivity index (χ2v) is 7.76. The summed E-state index contributed by atoms with van der Waals surface area (Å²) in [5, 5.41) is 6.36. The van der Waals surface area contributed by atoms with Gasteiger partial charge in [0.25, 0.3) is 5.91 Å². The maximum Gasteiger partial charge on any atom is 0.279 e. The van der Waals surface area contributed by atoms with Crippen LogP contribution in [0.1, 0.15) is 39.5 Å². The lowest BCUT2D eigenvalue weighted by atomic mass is 10.1. The van der Waals surface area contributed by atoms with Gasteiger partial charge in [-0.15, -0.1) is 0 Å². The molecule has 0 spiro atoms. The molecule has 1 amide bonds. The van der Waals surface area contributed by atoms with Crippen LogP contribution in [0.3, 0.4) is 0 Å². The van der Waals surface area contributed by atoms with E-state index >= 15 is 0 Å². The van der Waals surface area contributed by atoms with Crippen molar-refractivity contribution in [3.05, 3.63) is 35.2 Å². The molecule has 2 aliphatic rings. The molecule has 2 rings (SSSR count). The second-order valence-electron chi connectivity index (χ2n) is 7.76. The molecule has 0 bridgehead atoms. The Morgan fingerprint density at radius 2 is 1.93 bits per heavy atom. The number of carbonyl (C=O) groups excluding carboxylic acids is 2. The normalized spacial score (nSPS) is 18.9. The smallest absolute Gasteiger partial charge is 0.279 e. The van der Waals surface area contributed by atoms with Crippen molar-refractivity contribution in [2.45, 2.75) is 39.5 Å². The number of nitrogens with one attached hydrogen (secondary N) is 2. The van der Waals surface area contributed by atoms with Crippen molar-refractivity contribution in [1.29, 1.82) is 0 Å². The number of quaternary nitrogens is 1. The van der Waals surface area contributed by atoms with E-state index in [1.807, 2.05) is 6.92 Å². The summed E-state index contributed by atoms with van der Waals surface area (Å²) in [6.07, 6.45) is 6.20. The van der Waals surface area contributed by atoms with E-state index in [9.17, 15) is 9.59 Å². The number of likely N-dealkylation sites (tertiary alicyclic amines) is 1. The topological polar surface area (TPSA) is 67.4 Å². The van der Waals surface area contributed by atoms with Gasteiger partial charge >= 0.3 is 0 Å². The van der Waals surface area contributed by atoms with E-state index in [1.165, 1.54) is 6.42 Å². The highest BCUT2D eigenvalue weighted by Crippen LogP contribution is 2.28. The van der Waals surface area contributed by atoms with Gasteiger partial charge in [0.15, 0.2) is 12.3 Å². The first kappa shape index (κ1) is 21.4. The van der Waals surface area contributed by atoms with E-state index in [2.05, 4.69) is 23.3 Å². The van der Waals surface area contributed by atoms with E-state index < -0.39 is 0 Å². The number of allylic oxidation sites excluding steroid dienone is 3. The molecular formula is C21H34N3O3+. The van der Waals surface area contributed by atoms with Gasteiger partial charge in [-0.2, -0.15) is 0 Å². The Morgan fingerprint density at radius 1 is 1.22 bits per heavy atom. The van der Waals surface area contributed by atoms with Crippen LogP contribution in [0.25, 0.3) is 0 Å². The van der Waals surface area contributed by atoms with Crippen molar-refractivity contribution in [1.82, 2.24) is 10.6 Å². The monoisotopic (exact) mass is 376 g/mol. The standard InChI is InChI=1S/C21H33N3O3/c1-16-8-9-19(18(3)22-10-13-27-4)21(16)23-20(26)15-24(14-17(2)25)11-6-5-7-12-24/h8,22H,3,5-7,9-15H2,1-2,4H3/p+1. The maximum absolute atomic E-state index is 12.9. The molecule has 1 aliphatic heterocycles. The molecule has 6 nitrogen and oxygen atoms in total. The Kier molecular flexibility index (Phi) is 7.80. The van der Waals surface area contributed by atoms with Crippen LogP contribution in [-0.4, -0.2) is 62.6 Å². The van der Waals surface area contributed by atoms with Gasteiger partial charge in [0.1, 0.15) is 6.54 Å². The number of hydrogen-bond acceptors (Lipinski definition) is 4. The summed E-state index contributed by atoms with van der Waals surface area (Å²) >= 11 is 0. The number of Topliss-reactive ketones (excluding diaryl/α,β-unsaturated/α-hetero) is 1. The van der Waals surface area contributed by atoms with Gasteiger partial charge in [-0.3, -0.25) is 9.59 Å². The summed E-state index contributed by atoms with van der Waals surface area (Å²) in [7, 11) is 1.66. The van der Waals surface area contributed by atoms with Crippen molar-refractivity contribution in [3.8, 4) is 0 Å². The molecule has 1 aliphatic carbocycles. The molecular weight excluding hydrogens is 342 g/mol. The van der Waals surface area contributed by atoms with Gasteiger partial charge in [0.2, 0.25) is 0 Å². The number of hydrogen-bond donors (Lipinski definition) is 2. The van der Waals surface area contributed by atoms with Crippen LogP contribution in [0, 0.1) is 0 Å². The number of piperidine rings is 1. The van der Waals surface area contributed by atoms with Gasteiger partial charge in [0, 0.05) is 37.5 Å². The molecule has 2 N–H and O–H groups in total. The van der Waals surface area contributed by atoms with Crippen molar-refractivity contribution >= 4 is 11.7 Å². The first-order chi connectivity index (χ1) is 12.9. The molecule has 1 saturated heterocycles. The lowest BCUT2D eigenvalue weighted by Crippen LogP contribution is -2.58. The molecule has 1 fully saturated rings. The lowest BCUT2D eigenvalue weighted by Gasteiger charge is -2.40. The molecule has 27 heavy (non-hydrogen) atoms. The molecule has 1 heterocycles. The Morgan fingerprint density at radius 3 is 2.56 bits per heavy atom. The summed E-state index contributed by atoms with van der Waals surface area (Å²) in [5.74, 6) is 0.127. The van der Waals surface area contributed by atoms with Crippen LogP contribution in [0.4, 0.5) is 0 Å². The van der Waals surface area contributed by atoms with E-state index in [0.29, 0.717) is 30.7 Å². The number of carbonyl (C=O) groups is 2. The zero-order chi connectivity index (χ0) is 19.9. The fraction of sp³-hybridized carbons (Fsp3) is 0.619. The zero-order valence-corrected chi connectivity index (χ0v) is 17.0. The number of methoxy groups -OCH3 is 1. The maximum atomic E-state index is 12.9. The minimum atomic E-state index is -0.0232. The van der Waals surface area contributed by atoms with Gasteiger partial charge in [-0.1, -0.05) is 12.7 Å². The average molecular weight is 377 g/mol. The third-order valence-electron chi connectivity index (χ3n) is 5.38. The zero-order valence-electron chi connectivity index (χ0n) is 17.0. The first-order valence-corrected chi connectivity index (χ1v) is 9.83. The van der Waals surface area contributed by atoms with E-state index in [1.54, 1.807) is 14.0 Å². The molecule has 0 aromatic rings. The van der Waals surface area contributed by atoms with Crippen molar-refractivity contribution in [2.24, 2.45) is 0 Å². The summed E-state index contributed by atoms with van der Waals surface area (Å²) in [5.41, 5.74) is 3.76. The van der Waals surface area contributed by atoms with Gasteiger partial charge in [0.05, 0.1) is 19.7 Å². The van der Waals surface area contributed by atoms with E-state index in [-0.39, 0.29) is 11.7 Å². The predicted octanol–water partition coefficient (Wildman–Crippen LogP) is 2.05. The van der Waals surface area contributed by atoms with E-state index in [0.717, 1.165) is 54.9 Å². The van der Waals surface area contributed by atoms with Crippen LogP contribution >= 0.6 is 0 Å². The number of rotatable bonds is 10. The van der Waals surface area contributed by atoms with Crippen LogP contribution < -0.4 is 10.6 Å². The van der Waals surface area contributed by atoms with Crippen LogP contribution in [0.2, 0.25) is 0 Å². The van der Waals surface area contributed by atoms with Crippen molar-refractivity contribution < 1.29 is 18.8 Å². The van der Waals surface area contributed by atoms with Gasteiger partial charge in [-0.25, -0.2) is 0 Å². The Balaban J connectivity index is 2.06. The summed E-state index contributed by atoms with van der Waals surface area (Å²) in [4.78, 5) is 24.6. The molecule has 6 heteroatoms. The highest BCUT2D eigenvalue weighted by atomic mass is 16.5. The second kappa shape index (κ2) is 9.85. The Hall–Kier alpha value is -1.92. The fourth-order valence-electron chi connectivity index (χ4n) is 4.07. The third-order valence-corrected chi connectivity index (χ3v) is 5.38. The molecule has 0 saturated carbocycles. The Labute approximate surface area is 162 Å². The molecule has 0 radical (unpaired) electrons. The first-order valence-electron chi connectivity index (χ1n) is 9.83. The highest BCUT2D eigenvalue weighted by Gasteiger charge is 2.34. The number of ether oxygens (including phenoxy) is 1. The minimum Gasteiger partial charge on any atom is -0.383 e. The predicted molar refractivity (Wildman–Crippen MR) is 107 cm³/mol. The van der Waals surface area contributed by atoms with Crippen LogP contribution in [0.5, 0.6) is 0 Å². The third kappa shape index (κ3) is 6.04. The lowest BCUT2D eigenvalue weighted by molar-refractivity contribution is -0.917. The van der Waals surface area contributed by atoms with Gasteiger partial charge < -0.3 is 19.9 Å². The summed E-state index contributed by atoms with van der Waals surface area (Å²) in [6, 6.07) is 0. The highest BCUT2D eigenvalue weighted by molar-refractivity contribution is 5.81. The SMILES string of the molecule is C=C(NCCOC)C1=C(NC(=O)C[N+]2(CC(C)=O)CCCCC2)C(C)=CC1. The molecule has 150 valence electrons. The molecule has 0 aromatic carbocycles. The molecule has 0 unspecified atom stereocenters. The number of amides is 1. The quantitative estimate of drug-likeness (QED) is 0.452. The van der Waals surface area contributed by atoms with Crippen molar-refractivity contribution in [3.63, 3.8) is 0 Å². The largest absolute Gasteiger partial charge is 0.383 e. The van der Waals surface area contributed by atoms with Crippen LogP contribution in [0.15, 0.2) is 35.2 Å². The number of ketones is 1. The fourth-order valence-corrected chi connectivity index (χ4v) is 4.07. The van der Waals surface area contributed by atoms with Crippen molar-refractivity contribution in [2.75, 3.05) is 46.4 Å². The minimum absolute atomic E-state index is 0.0232. The average Bonchev–Trinajstić information content (AvgIpc) is 2.95. The van der Waals surface area contributed by atoms with Crippen LogP contribution in [-0.2, 0) is 14.3 Å². The van der Waals surface area contributed by atoms with E-state index in [4.69, 9.17) is 4.74 Å². The number of nitrogens with zero attached hydrogens (tertiary/aromatic N) is 1. The van der Waals surface area contributed by atoms with Gasteiger partial charge in [-0.05, 0) is 38.2 Å². The summed E-state index contributed by atoms with van der Waals surface area (Å²) < 4.78 is 5.65. The molecule has 0 aromatic heterocycles. The summed E-state index contributed by atoms with van der Waals surface area (Å²) in [6.45, 7) is 11.6.